The Kier molecular flexibility index (Phi) is 5.43. The third kappa shape index (κ3) is 4.55. The molecule has 0 saturated heterocycles. The van der Waals surface area contributed by atoms with E-state index in [4.69, 9.17) is 5.73 Å². The zero-order valence-electron chi connectivity index (χ0n) is 15.0. The Morgan fingerprint density at radius 3 is 2.46 bits per heavy atom. The molecule has 1 aromatic heterocycles. The fourth-order valence-corrected chi connectivity index (χ4v) is 3.50. The molecule has 3 aromatic rings. The third-order valence-electron chi connectivity index (χ3n) is 3.81. The van der Waals surface area contributed by atoms with Gasteiger partial charge in [0.25, 0.3) is 5.91 Å². The smallest absolute Gasteiger partial charge is 0.286 e. The van der Waals surface area contributed by atoms with E-state index < -0.39 is 15.6 Å². The number of carbonyl (C=O) groups is 1. The van der Waals surface area contributed by atoms with Crippen LogP contribution in [0, 0.1) is 11.8 Å². The summed E-state index contributed by atoms with van der Waals surface area (Å²) < 4.78 is 16.7. The van der Waals surface area contributed by atoms with Crippen LogP contribution in [0.4, 0.5) is 5.82 Å². The van der Waals surface area contributed by atoms with Crippen molar-refractivity contribution in [3.8, 4) is 17.6 Å². The molecule has 3 N–H and O–H groups in total. The Labute approximate surface area is 163 Å². The second-order valence-corrected chi connectivity index (χ2v) is 8.22. The zero-order valence-corrected chi connectivity index (χ0v) is 15.8. The van der Waals surface area contributed by atoms with Crippen molar-refractivity contribution in [3.05, 3.63) is 83.6 Å². The van der Waals surface area contributed by atoms with E-state index in [-0.39, 0.29) is 17.1 Å². The monoisotopic (exact) mass is 391 g/mol. The molecule has 0 bridgehead atoms. The molecule has 1 atom stereocenters. The Bertz CT molecular complexity index is 1200. The molecule has 1 unspecified atom stereocenters. The summed E-state index contributed by atoms with van der Waals surface area (Å²) in [4.78, 5) is 17.0. The maximum Gasteiger partial charge on any atom is 0.286 e. The molecule has 28 heavy (non-hydrogen) atoms. The van der Waals surface area contributed by atoms with Crippen LogP contribution in [-0.4, -0.2) is 26.5 Å². The quantitative estimate of drug-likeness (QED) is 0.653. The predicted molar refractivity (Wildman–Crippen MR) is 108 cm³/mol. The van der Waals surface area contributed by atoms with Crippen LogP contribution < -0.4 is 5.73 Å². The molecule has 6 nitrogen and oxygen atoms in total. The molecule has 140 valence electrons. The molecule has 1 heterocycles. The van der Waals surface area contributed by atoms with Gasteiger partial charge in [-0.3, -0.25) is 4.79 Å². The number of hydrogen-bond acceptors (Lipinski definition) is 5. The van der Waals surface area contributed by atoms with Gasteiger partial charge in [-0.2, -0.15) is 4.36 Å². The molecule has 0 aliphatic carbocycles. The lowest BCUT2D eigenvalue weighted by Crippen LogP contribution is -2.05. The van der Waals surface area contributed by atoms with Crippen molar-refractivity contribution in [2.24, 2.45) is 4.36 Å². The number of aromatic hydroxyl groups is 1. The van der Waals surface area contributed by atoms with Gasteiger partial charge in [-0.15, -0.1) is 0 Å². The predicted octanol–water partition coefficient (Wildman–Crippen LogP) is 3.07. The van der Waals surface area contributed by atoms with Gasteiger partial charge in [0.05, 0.1) is 20.9 Å². The van der Waals surface area contributed by atoms with E-state index in [1.54, 1.807) is 42.5 Å². The van der Waals surface area contributed by atoms with Gasteiger partial charge < -0.3 is 10.8 Å². The van der Waals surface area contributed by atoms with E-state index in [1.165, 1.54) is 30.7 Å². The SMILES string of the molecule is CS(=O)(=NC(=O)c1cnc(N)c(C#Cc2ccc(O)cc2)c1)c1ccccc1. The Morgan fingerprint density at radius 2 is 1.79 bits per heavy atom. The van der Waals surface area contributed by atoms with Gasteiger partial charge in [-0.05, 0) is 42.5 Å². The lowest BCUT2D eigenvalue weighted by molar-refractivity contribution is 0.100. The first-order valence-corrected chi connectivity index (χ1v) is 10.2. The fraction of sp³-hybridized carbons (Fsp3) is 0.0476. The van der Waals surface area contributed by atoms with Crippen LogP contribution in [-0.2, 0) is 9.73 Å². The van der Waals surface area contributed by atoms with Crippen molar-refractivity contribution >= 4 is 21.5 Å². The molecular weight excluding hydrogens is 374 g/mol. The van der Waals surface area contributed by atoms with Gasteiger partial charge in [0, 0.05) is 22.9 Å². The Hall–Kier alpha value is -3.63. The zero-order chi connectivity index (χ0) is 20.1. The molecule has 3 rings (SSSR count). The minimum atomic E-state index is -2.88. The molecule has 2 aromatic carbocycles. The lowest BCUT2D eigenvalue weighted by atomic mass is 10.1. The van der Waals surface area contributed by atoms with Crippen molar-refractivity contribution in [1.29, 1.82) is 0 Å². The number of amides is 1. The van der Waals surface area contributed by atoms with Gasteiger partial charge in [-0.1, -0.05) is 30.0 Å². The Balaban J connectivity index is 1.93. The second kappa shape index (κ2) is 7.94. The molecule has 7 heteroatoms. The topological polar surface area (TPSA) is 106 Å². The van der Waals surface area contributed by atoms with Crippen LogP contribution in [0.3, 0.4) is 0 Å². The number of pyridine rings is 1. The number of rotatable bonds is 2. The highest BCUT2D eigenvalue weighted by Crippen LogP contribution is 2.15. The molecule has 0 aliphatic rings. The number of nitrogens with zero attached hydrogens (tertiary/aromatic N) is 2. The van der Waals surface area contributed by atoms with Crippen LogP contribution in [0.15, 0.2) is 76.1 Å². The van der Waals surface area contributed by atoms with E-state index in [2.05, 4.69) is 21.2 Å². The van der Waals surface area contributed by atoms with Crippen molar-refractivity contribution < 1.29 is 14.1 Å². The summed E-state index contributed by atoms with van der Waals surface area (Å²) in [6.07, 6.45) is 2.70. The van der Waals surface area contributed by atoms with Crippen LogP contribution in [0.5, 0.6) is 5.75 Å². The van der Waals surface area contributed by atoms with Gasteiger partial charge in [-0.25, -0.2) is 9.19 Å². The standard InChI is InChI=1S/C21H17N3O3S/c1-28(27,19-5-3-2-4-6-19)24-21(26)17-13-16(20(22)23-14-17)10-7-15-8-11-18(25)12-9-15/h2-6,8-9,11-14,25H,1H3,(H2,22,23). The third-order valence-corrected chi connectivity index (χ3v) is 5.47. The number of phenols is 1. The summed E-state index contributed by atoms with van der Waals surface area (Å²) in [6, 6.07) is 16.4. The van der Waals surface area contributed by atoms with E-state index in [0.29, 0.717) is 16.0 Å². The maximum atomic E-state index is 12.8. The summed E-state index contributed by atoms with van der Waals surface area (Å²) in [5.41, 5.74) is 7.02. The highest BCUT2D eigenvalue weighted by Gasteiger charge is 2.13. The van der Waals surface area contributed by atoms with Gasteiger partial charge in [0.2, 0.25) is 0 Å². The number of anilines is 1. The van der Waals surface area contributed by atoms with Crippen LogP contribution >= 0.6 is 0 Å². The Morgan fingerprint density at radius 1 is 1.11 bits per heavy atom. The number of nitrogen functional groups attached to an aromatic ring is 1. The number of hydrogen-bond donors (Lipinski definition) is 2. The van der Waals surface area contributed by atoms with E-state index in [1.807, 2.05) is 0 Å². The first-order valence-electron chi connectivity index (χ1n) is 8.23. The minimum Gasteiger partial charge on any atom is -0.508 e. The number of nitrogens with two attached hydrogens (primary N) is 1. The average molecular weight is 391 g/mol. The van der Waals surface area contributed by atoms with Crippen LogP contribution in [0.1, 0.15) is 21.5 Å². The largest absolute Gasteiger partial charge is 0.508 e. The second-order valence-electron chi connectivity index (χ2n) is 5.97. The number of benzene rings is 2. The molecule has 0 spiro atoms. The molecule has 0 aliphatic heterocycles. The highest BCUT2D eigenvalue weighted by molar-refractivity contribution is 7.93. The number of carbonyl (C=O) groups excluding carboxylic acids is 1. The fourth-order valence-electron chi connectivity index (χ4n) is 2.31. The van der Waals surface area contributed by atoms with Gasteiger partial charge in [0.15, 0.2) is 0 Å². The highest BCUT2D eigenvalue weighted by atomic mass is 32.2. The molecular formula is C21H17N3O3S. The van der Waals surface area contributed by atoms with Crippen molar-refractivity contribution in [3.63, 3.8) is 0 Å². The summed E-state index contributed by atoms with van der Waals surface area (Å²) in [6.45, 7) is 0. The summed E-state index contributed by atoms with van der Waals surface area (Å²) in [5, 5.41) is 9.31. The van der Waals surface area contributed by atoms with Crippen molar-refractivity contribution in [2.75, 3.05) is 12.0 Å². The molecule has 0 saturated carbocycles. The van der Waals surface area contributed by atoms with Crippen LogP contribution in [0.25, 0.3) is 0 Å². The number of aromatic nitrogens is 1. The normalized spacial score (nSPS) is 12.3. The van der Waals surface area contributed by atoms with Crippen molar-refractivity contribution in [1.82, 2.24) is 4.98 Å². The van der Waals surface area contributed by atoms with Crippen molar-refractivity contribution in [2.45, 2.75) is 4.90 Å². The summed E-state index contributed by atoms with van der Waals surface area (Å²) in [7, 11) is -2.88. The van der Waals surface area contributed by atoms with Crippen LogP contribution in [0.2, 0.25) is 0 Å². The van der Waals surface area contributed by atoms with E-state index in [9.17, 15) is 14.1 Å². The molecule has 0 radical (unpaired) electrons. The van der Waals surface area contributed by atoms with Gasteiger partial charge >= 0.3 is 0 Å². The van der Waals surface area contributed by atoms with E-state index >= 15 is 0 Å². The minimum absolute atomic E-state index is 0.141. The van der Waals surface area contributed by atoms with E-state index in [0.717, 1.165) is 0 Å². The molecule has 0 fully saturated rings. The maximum absolute atomic E-state index is 12.8. The average Bonchev–Trinajstić information content (AvgIpc) is 2.69. The summed E-state index contributed by atoms with van der Waals surface area (Å²) in [5.74, 6) is 5.40. The summed E-state index contributed by atoms with van der Waals surface area (Å²) >= 11 is 0. The first kappa shape index (κ1) is 19.1. The molecule has 1 amide bonds. The number of phenolic OH excluding ortho intramolecular Hbond substituents is 1. The lowest BCUT2D eigenvalue weighted by Gasteiger charge is -2.04. The first-order chi connectivity index (χ1) is 13.3. The van der Waals surface area contributed by atoms with Gasteiger partial charge in [0.1, 0.15) is 11.6 Å².